The van der Waals surface area contributed by atoms with Gasteiger partial charge in [0.2, 0.25) is 0 Å². The highest BCUT2D eigenvalue weighted by atomic mass is 35.5. The zero-order chi connectivity index (χ0) is 12.7. The van der Waals surface area contributed by atoms with E-state index in [9.17, 15) is 4.79 Å². The number of rotatable bonds is 4. The molecule has 1 fully saturated rings. The Morgan fingerprint density at radius 1 is 1.50 bits per heavy atom. The number of benzene rings is 1. The minimum absolute atomic E-state index is 0.0478. The average Bonchev–Trinajstić information content (AvgIpc) is 3.05. The molecule has 1 saturated carbocycles. The van der Waals surface area contributed by atoms with Crippen molar-refractivity contribution in [1.29, 1.82) is 0 Å². The Hall–Kier alpha value is -1.22. The molecule has 0 spiro atoms. The van der Waals surface area contributed by atoms with Gasteiger partial charge in [-0.1, -0.05) is 11.6 Å². The molecule has 3 rings (SSSR count). The number of fused-ring (bicyclic) bond motifs is 1. The van der Waals surface area contributed by atoms with E-state index in [0.29, 0.717) is 17.5 Å². The lowest BCUT2D eigenvalue weighted by Crippen LogP contribution is -2.11. The van der Waals surface area contributed by atoms with E-state index < -0.39 is 5.97 Å². The first-order valence-electron chi connectivity index (χ1n) is 6.32. The van der Waals surface area contributed by atoms with Crippen molar-refractivity contribution in [2.24, 2.45) is 5.92 Å². The molecule has 1 aliphatic carbocycles. The third kappa shape index (κ3) is 2.07. The highest BCUT2D eigenvalue weighted by Crippen LogP contribution is 2.49. The number of halogens is 1. The summed E-state index contributed by atoms with van der Waals surface area (Å²) < 4.78 is 5.54. The molecule has 1 N–H and O–H groups in total. The smallest absolute Gasteiger partial charge is 0.303 e. The minimum Gasteiger partial charge on any atom is -0.493 e. The van der Waals surface area contributed by atoms with Crippen LogP contribution in [0.25, 0.3) is 0 Å². The zero-order valence-electron chi connectivity index (χ0n) is 9.99. The van der Waals surface area contributed by atoms with Gasteiger partial charge in [0.25, 0.3) is 0 Å². The van der Waals surface area contributed by atoms with Gasteiger partial charge in [0, 0.05) is 17.0 Å². The zero-order valence-corrected chi connectivity index (χ0v) is 10.7. The third-order valence-electron chi connectivity index (χ3n) is 3.83. The van der Waals surface area contributed by atoms with Crippen LogP contribution >= 0.6 is 11.6 Å². The minimum atomic E-state index is -0.750. The molecule has 18 heavy (non-hydrogen) atoms. The number of aliphatic carboxylic acids is 1. The van der Waals surface area contributed by atoms with E-state index in [0.717, 1.165) is 36.1 Å². The summed E-state index contributed by atoms with van der Waals surface area (Å²) in [5.41, 5.74) is 2.15. The second kappa shape index (κ2) is 4.47. The van der Waals surface area contributed by atoms with Crippen LogP contribution in [-0.4, -0.2) is 17.7 Å². The summed E-state index contributed by atoms with van der Waals surface area (Å²) in [6, 6.07) is 3.72. The summed E-state index contributed by atoms with van der Waals surface area (Å²) >= 11 is 6.31. The maximum Gasteiger partial charge on any atom is 0.303 e. The number of hydrogen-bond donors (Lipinski definition) is 1. The fourth-order valence-corrected chi connectivity index (χ4v) is 3.18. The molecule has 3 nitrogen and oxygen atoms in total. The molecule has 2 aliphatic rings. The summed E-state index contributed by atoms with van der Waals surface area (Å²) in [5, 5.41) is 9.78. The van der Waals surface area contributed by atoms with Gasteiger partial charge in [-0.25, -0.2) is 0 Å². The molecule has 0 amide bonds. The molecular formula is C14H15ClO3. The van der Waals surface area contributed by atoms with Crippen LogP contribution in [0.1, 0.15) is 36.3 Å². The fraction of sp³-hybridized carbons (Fsp3) is 0.500. The molecule has 0 bridgehead atoms. The summed E-state index contributed by atoms with van der Waals surface area (Å²) in [6.07, 6.45) is 3.23. The number of carboxylic acid groups (broad SMARTS) is 1. The van der Waals surface area contributed by atoms with Gasteiger partial charge < -0.3 is 9.84 Å². The Bertz CT molecular complexity index is 494. The van der Waals surface area contributed by atoms with E-state index in [1.54, 1.807) is 0 Å². The molecule has 0 radical (unpaired) electrons. The van der Waals surface area contributed by atoms with Gasteiger partial charge in [0.15, 0.2) is 0 Å². The van der Waals surface area contributed by atoms with Gasteiger partial charge in [-0.3, -0.25) is 4.79 Å². The van der Waals surface area contributed by atoms with Crippen molar-refractivity contribution in [3.63, 3.8) is 0 Å². The van der Waals surface area contributed by atoms with Gasteiger partial charge in [-0.2, -0.15) is 0 Å². The first-order valence-corrected chi connectivity index (χ1v) is 6.70. The third-order valence-corrected chi connectivity index (χ3v) is 4.16. The largest absolute Gasteiger partial charge is 0.493 e. The molecule has 96 valence electrons. The maximum absolute atomic E-state index is 11.1. The van der Waals surface area contributed by atoms with Crippen molar-refractivity contribution < 1.29 is 14.6 Å². The van der Waals surface area contributed by atoms with Crippen LogP contribution in [0.4, 0.5) is 0 Å². The lowest BCUT2D eigenvalue weighted by atomic mass is 9.86. The van der Waals surface area contributed by atoms with Crippen LogP contribution in [0.15, 0.2) is 12.1 Å². The van der Waals surface area contributed by atoms with Crippen LogP contribution < -0.4 is 4.74 Å². The Balaban J connectivity index is 2.03. The Kier molecular flexibility index (Phi) is 2.94. The lowest BCUT2D eigenvalue weighted by molar-refractivity contribution is -0.137. The molecule has 1 aromatic rings. The summed E-state index contributed by atoms with van der Waals surface area (Å²) in [7, 11) is 0. The fourth-order valence-electron chi connectivity index (χ4n) is 2.86. The van der Waals surface area contributed by atoms with Gasteiger partial charge in [0.05, 0.1) is 13.0 Å². The van der Waals surface area contributed by atoms with E-state index in [1.165, 1.54) is 0 Å². The predicted octanol–water partition coefficient (Wildman–Crippen LogP) is 3.24. The van der Waals surface area contributed by atoms with E-state index in [-0.39, 0.29) is 12.3 Å². The molecule has 4 heteroatoms. The molecule has 0 aromatic heterocycles. The molecule has 1 heterocycles. The molecule has 1 aromatic carbocycles. The lowest BCUT2D eigenvalue weighted by Gasteiger charge is -2.19. The molecule has 1 unspecified atom stereocenters. The highest BCUT2D eigenvalue weighted by molar-refractivity contribution is 6.31. The van der Waals surface area contributed by atoms with Crippen molar-refractivity contribution in [1.82, 2.24) is 0 Å². The summed E-state index contributed by atoms with van der Waals surface area (Å²) in [5.74, 6) is 0.655. The van der Waals surface area contributed by atoms with Gasteiger partial charge in [-0.05, 0) is 42.4 Å². The average molecular weight is 267 g/mol. The molecule has 0 saturated heterocycles. The number of carboxylic acids is 1. The normalized spacial score (nSPS) is 19.2. The Morgan fingerprint density at radius 3 is 2.94 bits per heavy atom. The molecule has 1 aliphatic heterocycles. The van der Waals surface area contributed by atoms with E-state index in [1.807, 2.05) is 12.1 Å². The number of carbonyl (C=O) groups is 1. The Labute approximate surface area is 111 Å². The van der Waals surface area contributed by atoms with Crippen LogP contribution in [0, 0.1) is 5.92 Å². The van der Waals surface area contributed by atoms with Crippen molar-refractivity contribution in [2.45, 2.75) is 31.6 Å². The van der Waals surface area contributed by atoms with Crippen LogP contribution in [0.2, 0.25) is 5.02 Å². The van der Waals surface area contributed by atoms with E-state index in [2.05, 4.69) is 0 Å². The van der Waals surface area contributed by atoms with Gasteiger partial charge in [0.1, 0.15) is 5.75 Å². The van der Waals surface area contributed by atoms with Crippen molar-refractivity contribution in [3.8, 4) is 5.75 Å². The van der Waals surface area contributed by atoms with E-state index in [4.69, 9.17) is 21.4 Å². The SMILES string of the molecule is O=C(O)CC(c1c(Cl)ccc2c1CCO2)C1CC1. The van der Waals surface area contributed by atoms with Crippen molar-refractivity contribution >= 4 is 17.6 Å². The Morgan fingerprint density at radius 2 is 2.28 bits per heavy atom. The van der Waals surface area contributed by atoms with Crippen LogP contribution in [-0.2, 0) is 11.2 Å². The number of hydrogen-bond acceptors (Lipinski definition) is 2. The van der Waals surface area contributed by atoms with Crippen LogP contribution in [0.3, 0.4) is 0 Å². The van der Waals surface area contributed by atoms with E-state index >= 15 is 0 Å². The highest BCUT2D eigenvalue weighted by Gasteiger charge is 2.37. The molecule has 1 atom stereocenters. The van der Waals surface area contributed by atoms with Crippen LogP contribution in [0.5, 0.6) is 5.75 Å². The van der Waals surface area contributed by atoms with Gasteiger partial charge >= 0.3 is 5.97 Å². The predicted molar refractivity (Wildman–Crippen MR) is 68.4 cm³/mol. The summed E-state index contributed by atoms with van der Waals surface area (Å²) in [4.78, 5) is 11.1. The number of ether oxygens (including phenoxy) is 1. The summed E-state index contributed by atoms with van der Waals surface area (Å²) in [6.45, 7) is 0.674. The second-order valence-electron chi connectivity index (χ2n) is 5.08. The maximum atomic E-state index is 11.1. The van der Waals surface area contributed by atoms with Gasteiger partial charge in [-0.15, -0.1) is 0 Å². The van der Waals surface area contributed by atoms with Crippen molar-refractivity contribution in [3.05, 3.63) is 28.3 Å². The standard InChI is InChI=1S/C14H15ClO3/c15-11-3-4-12-9(5-6-18-12)14(11)10(7-13(16)17)8-1-2-8/h3-4,8,10H,1-2,5-7H2,(H,16,17). The first kappa shape index (κ1) is 11.8. The molecular weight excluding hydrogens is 252 g/mol. The quantitative estimate of drug-likeness (QED) is 0.910. The van der Waals surface area contributed by atoms with Crippen molar-refractivity contribution in [2.75, 3.05) is 6.61 Å². The topological polar surface area (TPSA) is 46.5 Å². The second-order valence-corrected chi connectivity index (χ2v) is 5.49. The monoisotopic (exact) mass is 266 g/mol. The first-order chi connectivity index (χ1) is 8.66.